The number of nitro groups is 1. The first-order valence-electron chi connectivity index (χ1n) is 6.34. The summed E-state index contributed by atoms with van der Waals surface area (Å²) in [5.74, 6) is -1.19. The molecule has 0 aliphatic rings. The molecule has 0 saturated carbocycles. The first-order chi connectivity index (χ1) is 10.8. The van der Waals surface area contributed by atoms with Crippen molar-refractivity contribution < 1.29 is 19.9 Å². The van der Waals surface area contributed by atoms with Crippen molar-refractivity contribution in [1.82, 2.24) is 15.2 Å². The summed E-state index contributed by atoms with van der Waals surface area (Å²) in [5, 5.41) is 37.3. The molecule has 0 atom stereocenters. The molecule has 0 spiro atoms. The number of benzene rings is 1. The molecule has 0 saturated heterocycles. The minimum atomic E-state index is -0.852. The number of phenolic OH excluding ortho intramolecular Hbond substituents is 2. The minimum Gasteiger partial charge on any atom is -0.508 e. The maximum atomic E-state index is 12.0. The normalized spacial score (nSPS) is 11.3. The van der Waals surface area contributed by atoms with Crippen LogP contribution in [0.3, 0.4) is 0 Å². The molecule has 10 nitrogen and oxygen atoms in total. The molecule has 2 aromatic rings. The highest BCUT2D eigenvalue weighted by molar-refractivity contribution is 6.03. The lowest BCUT2D eigenvalue weighted by Crippen LogP contribution is -2.21. The maximum Gasteiger partial charge on any atom is 0.320 e. The zero-order valence-corrected chi connectivity index (χ0v) is 12.2. The third-order valence-electron chi connectivity index (χ3n) is 2.92. The Morgan fingerprint density at radius 3 is 2.74 bits per heavy atom. The van der Waals surface area contributed by atoms with Gasteiger partial charge in [0.1, 0.15) is 17.7 Å². The molecule has 1 heterocycles. The summed E-state index contributed by atoms with van der Waals surface area (Å²) in [4.78, 5) is 22.1. The molecule has 1 aromatic heterocycles. The average Bonchev–Trinajstić information content (AvgIpc) is 2.86. The van der Waals surface area contributed by atoms with Crippen LogP contribution in [0.4, 0.5) is 5.69 Å². The molecule has 10 heteroatoms. The van der Waals surface area contributed by atoms with E-state index >= 15 is 0 Å². The summed E-state index contributed by atoms with van der Waals surface area (Å²) < 4.78 is 1.15. The number of aromatic hydroxyl groups is 2. The second-order valence-electron chi connectivity index (χ2n) is 4.63. The highest BCUT2D eigenvalue weighted by Gasteiger charge is 2.24. The zero-order valence-electron chi connectivity index (χ0n) is 12.2. The van der Waals surface area contributed by atoms with Crippen molar-refractivity contribution in [2.24, 2.45) is 12.1 Å². The lowest BCUT2D eigenvalue weighted by atomic mass is 10.1. The fraction of sp³-hybridized carbons (Fsp3) is 0.154. The summed E-state index contributed by atoms with van der Waals surface area (Å²) in [6, 6.07) is 3.89. The quantitative estimate of drug-likeness (QED) is 0.434. The summed E-state index contributed by atoms with van der Waals surface area (Å²) in [5.41, 5.74) is 1.87. The van der Waals surface area contributed by atoms with Crippen molar-refractivity contribution >= 4 is 17.3 Å². The standard InChI is InChI=1S/C13H13N5O5/c1-7(9-4-3-8(19)5-11(9)20)14-15-13(21)12-10(18(22)23)6-17(2)16-12/h3-6,19-20H,1-2H3,(H,15,21). The van der Waals surface area contributed by atoms with Crippen LogP contribution in [0, 0.1) is 10.1 Å². The van der Waals surface area contributed by atoms with Gasteiger partial charge in [0.15, 0.2) is 0 Å². The Morgan fingerprint density at radius 2 is 2.13 bits per heavy atom. The second-order valence-corrected chi connectivity index (χ2v) is 4.63. The monoisotopic (exact) mass is 319 g/mol. The van der Waals surface area contributed by atoms with Crippen molar-refractivity contribution in [3.8, 4) is 11.5 Å². The summed E-state index contributed by atoms with van der Waals surface area (Å²) in [6.45, 7) is 1.51. The predicted octanol–water partition coefficient (Wildman–Crippen LogP) is 0.893. The molecule has 1 amide bonds. The Kier molecular flexibility index (Phi) is 4.25. The summed E-state index contributed by atoms with van der Waals surface area (Å²) >= 11 is 0. The van der Waals surface area contributed by atoms with Crippen LogP contribution in [0.15, 0.2) is 29.5 Å². The van der Waals surface area contributed by atoms with E-state index in [1.54, 1.807) is 0 Å². The number of aryl methyl sites for hydroxylation is 1. The van der Waals surface area contributed by atoms with Gasteiger partial charge in [0.05, 0.1) is 10.6 Å². The van der Waals surface area contributed by atoms with Crippen LogP contribution in [0.1, 0.15) is 23.0 Å². The highest BCUT2D eigenvalue weighted by Crippen LogP contribution is 2.23. The largest absolute Gasteiger partial charge is 0.508 e. The number of aromatic nitrogens is 2. The molecule has 120 valence electrons. The zero-order chi connectivity index (χ0) is 17.1. The van der Waals surface area contributed by atoms with Crippen LogP contribution in [0.5, 0.6) is 11.5 Å². The molecule has 2 rings (SSSR count). The molecule has 0 bridgehead atoms. The third-order valence-corrected chi connectivity index (χ3v) is 2.92. The van der Waals surface area contributed by atoms with Crippen LogP contribution >= 0.6 is 0 Å². The second kappa shape index (κ2) is 6.13. The topological polar surface area (TPSA) is 143 Å². The molecule has 0 aliphatic heterocycles. The van der Waals surface area contributed by atoms with E-state index in [0.29, 0.717) is 5.56 Å². The molecule has 0 unspecified atom stereocenters. The van der Waals surface area contributed by atoms with Crippen molar-refractivity contribution in [1.29, 1.82) is 0 Å². The van der Waals surface area contributed by atoms with Crippen LogP contribution in [0.2, 0.25) is 0 Å². The number of hydrazone groups is 1. The Labute approximate surface area is 129 Å². The van der Waals surface area contributed by atoms with Gasteiger partial charge in [0.25, 0.3) is 5.91 Å². The minimum absolute atomic E-state index is 0.118. The van der Waals surface area contributed by atoms with E-state index in [2.05, 4.69) is 15.6 Å². The Bertz CT molecular complexity index is 811. The number of carbonyl (C=O) groups is 1. The number of hydrogen-bond donors (Lipinski definition) is 3. The van der Waals surface area contributed by atoms with E-state index < -0.39 is 16.5 Å². The molecular formula is C13H13N5O5. The summed E-state index contributed by atoms with van der Waals surface area (Å²) in [7, 11) is 1.45. The Balaban J connectivity index is 2.22. The van der Waals surface area contributed by atoms with Crippen LogP contribution < -0.4 is 5.43 Å². The number of phenols is 2. The van der Waals surface area contributed by atoms with Gasteiger partial charge in [-0.3, -0.25) is 19.6 Å². The van der Waals surface area contributed by atoms with E-state index in [-0.39, 0.29) is 22.9 Å². The first-order valence-corrected chi connectivity index (χ1v) is 6.34. The third kappa shape index (κ3) is 3.43. The smallest absolute Gasteiger partial charge is 0.320 e. The molecule has 0 aliphatic carbocycles. The van der Waals surface area contributed by atoms with Gasteiger partial charge < -0.3 is 10.2 Å². The van der Waals surface area contributed by atoms with Gasteiger partial charge in [-0.15, -0.1) is 0 Å². The van der Waals surface area contributed by atoms with Gasteiger partial charge in [-0.25, -0.2) is 5.43 Å². The van der Waals surface area contributed by atoms with Crippen molar-refractivity contribution in [3.63, 3.8) is 0 Å². The highest BCUT2D eigenvalue weighted by atomic mass is 16.6. The van der Waals surface area contributed by atoms with Gasteiger partial charge in [-0.1, -0.05) is 0 Å². The van der Waals surface area contributed by atoms with Crippen molar-refractivity contribution in [2.75, 3.05) is 0 Å². The lowest BCUT2D eigenvalue weighted by molar-refractivity contribution is -0.385. The summed E-state index contributed by atoms with van der Waals surface area (Å²) in [6.07, 6.45) is 1.11. The molecule has 1 aromatic carbocycles. The Morgan fingerprint density at radius 1 is 1.43 bits per heavy atom. The van der Waals surface area contributed by atoms with Crippen LogP contribution in [-0.2, 0) is 7.05 Å². The molecular weight excluding hydrogens is 306 g/mol. The average molecular weight is 319 g/mol. The van der Waals surface area contributed by atoms with E-state index in [0.717, 1.165) is 16.9 Å². The number of nitrogens with zero attached hydrogens (tertiary/aromatic N) is 4. The maximum absolute atomic E-state index is 12.0. The number of amides is 1. The number of hydrogen-bond acceptors (Lipinski definition) is 7. The number of carbonyl (C=O) groups excluding carboxylic acids is 1. The van der Waals surface area contributed by atoms with Crippen molar-refractivity contribution in [3.05, 3.63) is 45.8 Å². The van der Waals surface area contributed by atoms with E-state index in [9.17, 15) is 25.1 Å². The van der Waals surface area contributed by atoms with E-state index in [1.165, 1.54) is 26.1 Å². The molecule has 0 fully saturated rings. The Hall–Kier alpha value is -3.43. The number of rotatable bonds is 4. The van der Waals surface area contributed by atoms with E-state index in [1.807, 2.05) is 0 Å². The van der Waals surface area contributed by atoms with Crippen LogP contribution in [-0.4, -0.2) is 36.5 Å². The van der Waals surface area contributed by atoms with E-state index in [4.69, 9.17) is 0 Å². The fourth-order valence-corrected chi connectivity index (χ4v) is 1.85. The fourth-order valence-electron chi connectivity index (χ4n) is 1.85. The lowest BCUT2D eigenvalue weighted by Gasteiger charge is -2.04. The van der Waals surface area contributed by atoms with Gasteiger partial charge >= 0.3 is 5.69 Å². The number of nitrogens with one attached hydrogen (secondary N) is 1. The molecule has 0 radical (unpaired) electrons. The van der Waals surface area contributed by atoms with Crippen LogP contribution in [0.25, 0.3) is 0 Å². The van der Waals surface area contributed by atoms with Gasteiger partial charge in [0.2, 0.25) is 5.69 Å². The molecule has 23 heavy (non-hydrogen) atoms. The van der Waals surface area contributed by atoms with Gasteiger partial charge in [-0.05, 0) is 19.1 Å². The molecule has 3 N–H and O–H groups in total. The van der Waals surface area contributed by atoms with Crippen molar-refractivity contribution in [2.45, 2.75) is 6.92 Å². The predicted molar refractivity (Wildman–Crippen MR) is 79.3 cm³/mol. The first kappa shape index (κ1) is 15.9. The van der Waals surface area contributed by atoms with Gasteiger partial charge in [-0.2, -0.15) is 10.2 Å². The SMILES string of the molecule is CC(=NNC(=O)c1nn(C)cc1[N+](=O)[O-])c1ccc(O)cc1O. The van der Waals surface area contributed by atoms with Gasteiger partial charge in [0, 0.05) is 18.7 Å².